The van der Waals surface area contributed by atoms with Crippen molar-refractivity contribution in [3.05, 3.63) is 29.8 Å². The van der Waals surface area contributed by atoms with Gasteiger partial charge in [-0.2, -0.15) is 0 Å². The Morgan fingerprint density at radius 1 is 1.05 bits per heavy atom. The Balaban J connectivity index is 3.10. The molecule has 0 saturated heterocycles. The highest BCUT2D eigenvalue weighted by Crippen LogP contribution is 2.22. The molecule has 1 rings (SSSR count). The van der Waals surface area contributed by atoms with E-state index in [0.29, 0.717) is 12.2 Å². The van der Waals surface area contributed by atoms with E-state index in [1.54, 1.807) is 38.1 Å². The van der Waals surface area contributed by atoms with Crippen molar-refractivity contribution < 1.29 is 16.8 Å². The number of hydrogen-bond donors (Lipinski definition) is 1. The highest BCUT2D eigenvalue weighted by molar-refractivity contribution is 7.95. The summed E-state index contributed by atoms with van der Waals surface area (Å²) in [6, 6.07) is 6.58. The molecule has 21 heavy (non-hydrogen) atoms. The number of anilines is 1. The lowest BCUT2D eigenvalue weighted by Crippen LogP contribution is -2.40. The van der Waals surface area contributed by atoms with Crippen LogP contribution in [0.5, 0.6) is 0 Å². The highest BCUT2D eigenvalue weighted by atomic mass is 32.2. The van der Waals surface area contributed by atoms with Crippen molar-refractivity contribution in [1.29, 1.82) is 0 Å². The van der Waals surface area contributed by atoms with Crippen molar-refractivity contribution in [3.8, 4) is 0 Å². The Morgan fingerprint density at radius 2 is 1.57 bits per heavy atom. The number of benzene rings is 1. The summed E-state index contributed by atoms with van der Waals surface area (Å²) in [6.07, 6.45) is 1.03. The van der Waals surface area contributed by atoms with Crippen molar-refractivity contribution in [2.24, 2.45) is 5.73 Å². The van der Waals surface area contributed by atoms with Gasteiger partial charge in [0.05, 0.1) is 17.2 Å². The summed E-state index contributed by atoms with van der Waals surface area (Å²) in [4.78, 5) is 0. The van der Waals surface area contributed by atoms with E-state index in [9.17, 15) is 16.8 Å². The van der Waals surface area contributed by atoms with Crippen LogP contribution >= 0.6 is 0 Å². The van der Waals surface area contributed by atoms with Crippen molar-refractivity contribution in [2.75, 3.05) is 22.1 Å². The predicted molar refractivity (Wildman–Crippen MR) is 85.4 cm³/mol. The molecule has 0 fully saturated rings. The minimum Gasteiger partial charge on any atom is -0.326 e. The first kappa shape index (κ1) is 17.9. The zero-order valence-electron chi connectivity index (χ0n) is 12.5. The fraction of sp³-hybridized carbons (Fsp3) is 0.538. The van der Waals surface area contributed by atoms with Gasteiger partial charge in [-0.3, -0.25) is 4.31 Å². The molecule has 0 spiro atoms. The summed E-state index contributed by atoms with van der Waals surface area (Å²) in [5, 5.41) is 0. The molecular weight excluding hydrogens is 312 g/mol. The molecule has 120 valence electrons. The van der Waals surface area contributed by atoms with Crippen molar-refractivity contribution in [2.45, 2.75) is 26.4 Å². The SMILES string of the molecule is CC(C)N(c1ccc(CN)cc1)S(=O)(=O)CCS(C)(=O)=O. The van der Waals surface area contributed by atoms with E-state index in [1.165, 1.54) is 4.31 Å². The lowest BCUT2D eigenvalue weighted by Gasteiger charge is -2.28. The Bertz CT molecular complexity index is 665. The molecule has 0 saturated carbocycles. The Morgan fingerprint density at radius 3 is 1.95 bits per heavy atom. The summed E-state index contributed by atoms with van der Waals surface area (Å²) in [5.74, 6) is -0.817. The normalized spacial score (nSPS) is 12.6. The molecule has 0 atom stereocenters. The molecule has 0 aromatic heterocycles. The van der Waals surface area contributed by atoms with Gasteiger partial charge in [0.25, 0.3) is 0 Å². The largest absolute Gasteiger partial charge is 0.326 e. The minimum absolute atomic E-state index is 0.307. The molecule has 1 aromatic rings. The van der Waals surface area contributed by atoms with Crippen LogP contribution in [0.2, 0.25) is 0 Å². The van der Waals surface area contributed by atoms with Gasteiger partial charge in [0.2, 0.25) is 10.0 Å². The maximum atomic E-state index is 12.4. The third kappa shape index (κ3) is 5.29. The molecule has 0 aliphatic heterocycles. The maximum Gasteiger partial charge on any atom is 0.236 e. The van der Waals surface area contributed by atoms with Crippen LogP contribution in [0.15, 0.2) is 24.3 Å². The Hall–Kier alpha value is -1.12. The summed E-state index contributed by atoms with van der Waals surface area (Å²) in [6.45, 7) is 3.87. The molecule has 1 aromatic carbocycles. The summed E-state index contributed by atoms with van der Waals surface area (Å²) >= 11 is 0. The molecule has 0 bridgehead atoms. The first-order valence-corrected chi connectivity index (χ1v) is 10.2. The zero-order valence-corrected chi connectivity index (χ0v) is 14.1. The number of sulfone groups is 1. The van der Waals surface area contributed by atoms with Gasteiger partial charge in [0.15, 0.2) is 0 Å². The monoisotopic (exact) mass is 334 g/mol. The van der Waals surface area contributed by atoms with E-state index < -0.39 is 25.6 Å². The molecule has 8 heteroatoms. The lowest BCUT2D eigenvalue weighted by molar-refractivity contribution is 0.581. The Kier molecular flexibility index (Phi) is 5.77. The smallest absolute Gasteiger partial charge is 0.236 e. The van der Waals surface area contributed by atoms with Crippen molar-refractivity contribution in [3.63, 3.8) is 0 Å². The van der Waals surface area contributed by atoms with Gasteiger partial charge in [-0.1, -0.05) is 12.1 Å². The number of rotatable bonds is 7. The summed E-state index contributed by atoms with van der Waals surface area (Å²) < 4.78 is 48.5. The van der Waals surface area contributed by atoms with Gasteiger partial charge in [-0.25, -0.2) is 16.8 Å². The average Bonchev–Trinajstić information content (AvgIpc) is 2.36. The fourth-order valence-electron chi connectivity index (χ4n) is 1.91. The Labute approximate surface area is 126 Å². The van der Waals surface area contributed by atoms with Crippen LogP contribution in [0.3, 0.4) is 0 Å². The van der Waals surface area contributed by atoms with Gasteiger partial charge in [0, 0.05) is 18.8 Å². The minimum atomic E-state index is -3.70. The first-order valence-electron chi connectivity index (χ1n) is 6.55. The van der Waals surface area contributed by atoms with Crippen molar-refractivity contribution >= 4 is 25.5 Å². The van der Waals surface area contributed by atoms with E-state index in [0.717, 1.165) is 11.8 Å². The standard InChI is InChI=1S/C13H22N2O4S2/c1-11(2)15(13-6-4-12(10-14)5-7-13)21(18,19)9-8-20(3,16)17/h4-7,11H,8-10,14H2,1-3H3. The van der Waals surface area contributed by atoms with Gasteiger partial charge >= 0.3 is 0 Å². The molecule has 0 amide bonds. The van der Waals surface area contributed by atoms with Crippen LogP contribution < -0.4 is 10.0 Å². The quantitative estimate of drug-likeness (QED) is 0.793. The van der Waals surface area contributed by atoms with E-state index in [4.69, 9.17) is 5.73 Å². The van der Waals surface area contributed by atoms with Gasteiger partial charge < -0.3 is 5.73 Å². The topological polar surface area (TPSA) is 97.5 Å². The second-order valence-corrected chi connectivity index (χ2v) is 9.43. The molecule has 6 nitrogen and oxygen atoms in total. The molecule has 0 heterocycles. The molecule has 0 radical (unpaired) electrons. The van der Waals surface area contributed by atoms with Gasteiger partial charge in [0.1, 0.15) is 9.84 Å². The van der Waals surface area contributed by atoms with Crippen LogP contribution in [0.4, 0.5) is 5.69 Å². The zero-order chi connectivity index (χ0) is 16.3. The highest BCUT2D eigenvalue weighted by Gasteiger charge is 2.26. The van der Waals surface area contributed by atoms with E-state index in [1.807, 2.05) is 0 Å². The second kappa shape index (κ2) is 6.76. The van der Waals surface area contributed by atoms with Crippen molar-refractivity contribution in [1.82, 2.24) is 0 Å². The van der Waals surface area contributed by atoms with Crippen LogP contribution in [0.1, 0.15) is 19.4 Å². The third-order valence-corrected chi connectivity index (χ3v) is 6.06. The van der Waals surface area contributed by atoms with Crippen LogP contribution in [-0.4, -0.2) is 40.6 Å². The van der Waals surface area contributed by atoms with E-state index >= 15 is 0 Å². The van der Waals surface area contributed by atoms with Gasteiger partial charge in [-0.05, 0) is 31.5 Å². The molecule has 2 N–H and O–H groups in total. The number of nitrogens with two attached hydrogens (primary N) is 1. The van der Waals surface area contributed by atoms with Crippen LogP contribution in [0, 0.1) is 0 Å². The van der Waals surface area contributed by atoms with Crippen LogP contribution in [0.25, 0.3) is 0 Å². The summed E-state index contributed by atoms with van der Waals surface area (Å²) in [5.41, 5.74) is 6.93. The number of sulfonamides is 1. The molecular formula is C13H22N2O4S2. The fourth-order valence-corrected chi connectivity index (χ4v) is 5.25. The summed E-state index contributed by atoms with van der Waals surface area (Å²) in [7, 11) is -7.04. The predicted octanol–water partition coefficient (Wildman–Crippen LogP) is 0.734. The van der Waals surface area contributed by atoms with Crippen LogP contribution in [-0.2, 0) is 26.4 Å². The molecule has 0 aliphatic rings. The molecule has 0 aliphatic carbocycles. The number of hydrogen-bond acceptors (Lipinski definition) is 5. The third-order valence-electron chi connectivity index (χ3n) is 2.91. The van der Waals surface area contributed by atoms with E-state index in [2.05, 4.69) is 0 Å². The average molecular weight is 334 g/mol. The molecule has 0 unspecified atom stereocenters. The number of nitrogens with zero attached hydrogens (tertiary/aromatic N) is 1. The first-order chi connectivity index (χ1) is 9.57. The maximum absolute atomic E-state index is 12.4. The second-order valence-electron chi connectivity index (χ2n) is 5.21. The lowest BCUT2D eigenvalue weighted by atomic mass is 10.2. The van der Waals surface area contributed by atoms with Gasteiger partial charge in [-0.15, -0.1) is 0 Å². The van der Waals surface area contributed by atoms with E-state index in [-0.39, 0.29) is 11.8 Å².